The van der Waals surface area contributed by atoms with Crippen LogP contribution in [0.15, 0.2) is 24.3 Å². The molecular weight excluding hydrogens is 287 g/mol. The van der Waals surface area contributed by atoms with E-state index in [0.717, 1.165) is 25.7 Å². The summed E-state index contributed by atoms with van der Waals surface area (Å²) in [6, 6.07) is 5.49. The zero-order valence-corrected chi connectivity index (χ0v) is 12.3. The van der Waals surface area contributed by atoms with Gasteiger partial charge >= 0.3 is 11.8 Å². The highest BCUT2D eigenvalue weighted by molar-refractivity contribution is 6.39. The van der Waals surface area contributed by atoms with Gasteiger partial charge in [-0.25, -0.2) is 4.39 Å². The van der Waals surface area contributed by atoms with Crippen LogP contribution in [0.2, 0.25) is 0 Å². The van der Waals surface area contributed by atoms with Crippen LogP contribution in [0.1, 0.15) is 25.7 Å². The minimum Gasteiger partial charge on any atom is -0.374 e. The average molecular weight is 306 g/mol. The predicted octanol–water partition coefficient (Wildman–Crippen LogP) is 1.93. The molecule has 1 heterocycles. The zero-order chi connectivity index (χ0) is 15.5. The lowest BCUT2D eigenvalue weighted by molar-refractivity contribution is -0.156. The van der Waals surface area contributed by atoms with Crippen molar-refractivity contribution >= 4 is 17.5 Å². The van der Waals surface area contributed by atoms with Crippen LogP contribution in [0.4, 0.5) is 10.1 Å². The molecule has 22 heavy (non-hydrogen) atoms. The second-order valence-electron chi connectivity index (χ2n) is 5.72. The number of hydrogen-bond acceptors (Lipinski definition) is 3. The first-order valence-corrected chi connectivity index (χ1v) is 7.64. The van der Waals surface area contributed by atoms with Crippen molar-refractivity contribution in [3.05, 3.63) is 30.1 Å². The van der Waals surface area contributed by atoms with Crippen molar-refractivity contribution in [1.29, 1.82) is 0 Å². The van der Waals surface area contributed by atoms with E-state index < -0.39 is 17.6 Å². The van der Waals surface area contributed by atoms with Crippen molar-refractivity contribution in [2.24, 2.45) is 0 Å². The normalized spacial score (nSPS) is 24.5. The van der Waals surface area contributed by atoms with Crippen molar-refractivity contribution in [2.45, 2.75) is 37.8 Å². The molecule has 3 rings (SSSR count). The number of amides is 2. The summed E-state index contributed by atoms with van der Waals surface area (Å²) in [6.45, 7) is 0.886. The van der Waals surface area contributed by atoms with Gasteiger partial charge in [0.05, 0.1) is 18.8 Å². The fraction of sp³-hybridized carbons (Fsp3) is 0.500. The van der Waals surface area contributed by atoms with Gasteiger partial charge in [-0.3, -0.25) is 9.59 Å². The van der Waals surface area contributed by atoms with E-state index in [1.165, 1.54) is 18.2 Å². The van der Waals surface area contributed by atoms with Crippen LogP contribution in [0.5, 0.6) is 0 Å². The van der Waals surface area contributed by atoms with Crippen molar-refractivity contribution in [1.82, 2.24) is 4.90 Å². The molecule has 1 saturated heterocycles. The van der Waals surface area contributed by atoms with Gasteiger partial charge in [0.1, 0.15) is 5.82 Å². The van der Waals surface area contributed by atoms with Gasteiger partial charge in [-0.05, 0) is 31.0 Å². The van der Waals surface area contributed by atoms with E-state index in [1.54, 1.807) is 11.0 Å². The van der Waals surface area contributed by atoms with Crippen molar-refractivity contribution in [3.63, 3.8) is 0 Å². The number of nitrogens with zero attached hydrogens (tertiary/aromatic N) is 1. The third kappa shape index (κ3) is 3.11. The maximum atomic E-state index is 13.1. The summed E-state index contributed by atoms with van der Waals surface area (Å²) < 4.78 is 18.8. The summed E-state index contributed by atoms with van der Waals surface area (Å²) >= 11 is 0. The second kappa shape index (κ2) is 6.44. The highest BCUT2D eigenvalue weighted by Gasteiger charge is 2.38. The van der Waals surface area contributed by atoms with E-state index >= 15 is 0 Å². The SMILES string of the molecule is O=C(Nc1cccc(F)c1)C(=O)N1CCO[C@@H]2CCCC[C@H]21. The van der Waals surface area contributed by atoms with Gasteiger partial charge in [0.25, 0.3) is 0 Å². The van der Waals surface area contributed by atoms with Gasteiger partial charge in [0.15, 0.2) is 0 Å². The number of nitrogens with one attached hydrogen (secondary N) is 1. The number of fused-ring (bicyclic) bond motifs is 1. The monoisotopic (exact) mass is 306 g/mol. The molecule has 1 N–H and O–H groups in total. The number of carbonyl (C=O) groups excluding carboxylic acids is 2. The summed E-state index contributed by atoms with van der Waals surface area (Å²) in [6.07, 6.45) is 3.97. The van der Waals surface area contributed by atoms with Crippen LogP contribution in [-0.2, 0) is 14.3 Å². The Labute approximate surface area is 128 Å². The third-order valence-corrected chi connectivity index (χ3v) is 4.27. The van der Waals surface area contributed by atoms with Gasteiger partial charge in [-0.15, -0.1) is 0 Å². The van der Waals surface area contributed by atoms with Crippen molar-refractivity contribution in [2.75, 3.05) is 18.5 Å². The molecule has 118 valence electrons. The highest BCUT2D eigenvalue weighted by Crippen LogP contribution is 2.28. The molecule has 1 aliphatic carbocycles. The van der Waals surface area contributed by atoms with Gasteiger partial charge in [-0.2, -0.15) is 0 Å². The Morgan fingerprint density at radius 1 is 1.27 bits per heavy atom. The van der Waals surface area contributed by atoms with E-state index in [1.807, 2.05) is 0 Å². The molecule has 0 radical (unpaired) electrons. The zero-order valence-electron chi connectivity index (χ0n) is 12.3. The molecule has 1 saturated carbocycles. The first-order valence-electron chi connectivity index (χ1n) is 7.64. The van der Waals surface area contributed by atoms with E-state index in [4.69, 9.17) is 4.74 Å². The van der Waals surface area contributed by atoms with Crippen LogP contribution in [0.25, 0.3) is 0 Å². The topological polar surface area (TPSA) is 58.6 Å². The first kappa shape index (κ1) is 15.0. The molecule has 2 amide bonds. The Morgan fingerprint density at radius 2 is 2.09 bits per heavy atom. The van der Waals surface area contributed by atoms with Crippen LogP contribution in [-0.4, -0.2) is 42.0 Å². The lowest BCUT2D eigenvalue weighted by Gasteiger charge is -2.43. The number of carbonyl (C=O) groups is 2. The van der Waals surface area contributed by atoms with Crippen LogP contribution < -0.4 is 5.32 Å². The molecule has 1 aliphatic heterocycles. The van der Waals surface area contributed by atoms with E-state index in [0.29, 0.717) is 13.2 Å². The highest BCUT2D eigenvalue weighted by atomic mass is 19.1. The first-order chi connectivity index (χ1) is 10.6. The number of ether oxygens (including phenoxy) is 1. The molecule has 2 fully saturated rings. The molecule has 2 aliphatic rings. The summed E-state index contributed by atoms with van der Waals surface area (Å²) in [5, 5.41) is 2.46. The number of halogens is 1. The minimum atomic E-state index is -0.725. The van der Waals surface area contributed by atoms with Gasteiger partial charge in [-0.1, -0.05) is 18.9 Å². The van der Waals surface area contributed by atoms with E-state index in [2.05, 4.69) is 5.32 Å². The number of anilines is 1. The Morgan fingerprint density at radius 3 is 2.91 bits per heavy atom. The molecule has 2 atom stereocenters. The van der Waals surface area contributed by atoms with Gasteiger partial charge in [0.2, 0.25) is 0 Å². The molecule has 0 unspecified atom stereocenters. The van der Waals surface area contributed by atoms with E-state index in [-0.39, 0.29) is 17.8 Å². The van der Waals surface area contributed by atoms with Crippen molar-refractivity contribution < 1.29 is 18.7 Å². The smallest absolute Gasteiger partial charge is 0.313 e. The molecule has 1 aromatic rings. The summed E-state index contributed by atoms with van der Waals surface area (Å²) in [4.78, 5) is 26.2. The molecule has 0 aromatic heterocycles. The lowest BCUT2D eigenvalue weighted by atomic mass is 9.90. The van der Waals surface area contributed by atoms with Crippen molar-refractivity contribution in [3.8, 4) is 0 Å². The van der Waals surface area contributed by atoms with Gasteiger partial charge < -0.3 is 15.0 Å². The molecule has 5 nitrogen and oxygen atoms in total. The summed E-state index contributed by atoms with van der Waals surface area (Å²) in [5.41, 5.74) is 0.284. The number of rotatable bonds is 1. The fourth-order valence-corrected chi connectivity index (χ4v) is 3.23. The molecule has 0 spiro atoms. The molecule has 6 heteroatoms. The molecule has 1 aromatic carbocycles. The number of morpholine rings is 1. The Balaban J connectivity index is 1.68. The quantitative estimate of drug-likeness (QED) is 0.807. The maximum Gasteiger partial charge on any atom is 0.313 e. The van der Waals surface area contributed by atoms with Crippen LogP contribution in [0, 0.1) is 5.82 Å². The summed E-state index contributed by atoms with van der Waals surface area (Å²) in [5.74, 6) is -1.75. The standard InChI is InChI=1S/C16H19FN2O3/c17-11-4-3-5-12(10-11)18-15(20)16(21)19-8-9-22-14-7-2-1-6-13(14)19/h3-5,10,13-14H,1-2,6-9H2,(H,18,20)/t13-,14-/m1/s1. The van der Waals surface area contributed by atoms with E-state index in [9.17, 15) is 14.0 Å². The minimum absolute atomic E-state index is 0.0201. The molecular formula is C16H19FN2O3. The average Bonchev–Trinajstić information content (AvgIpc) is 2.53. The summed E-state index contributed by atoms with van der Waals surface area (Å²) in [7, 11) is 0. The third-order valence-electron chi connectivity index (χ3n) is 4.27. The van der Waals surface area contributed by atoms with Crippen LogP contribution in [0.3, 0.4) is 0 Å². The molecule has 0 bridgehead atoms. The number of benzene rings is 1. The lowest BCUT2D eigenvalue weighted by Crippen LogP contribution is -2.57. The fourth-order valence-electron chi connectivity index (χ4n) is 3.23. The second-order valence-corrected chi connectivity index (χ2v) is 5.72. The van der Waals surface area contributed by atoms with Gasteiger partial charge in [0, 0.05) is 12.2 Å². The Bertz CT molecular complexity index is 576. The maximum absolute atomic E-state index is 13.1. The van der Waals surface area contributed by atoms with Crippen LogP contribution >= 0.6 is 0 Å². The predicted molar refractivity (Wildman–Crippen MR) is 78.7 cm³/mol. The number of hydrogen-bond donors (Lipinski definition) is 1. The Hall–Kier alpha value is -1.95. The Kier molecular flexibility index (Phi) is 4.38. The largest absolute Gasteiger partial charge is 0.374 e.